The number of nitrogens with zero attached hydrogens (tertiary/aromatic N) is 1. The minimum atomic E-state index is -0.725. The van der Waals surface area contributed by atoms with E-state index in [4.69, 9.17) is 0 Å². The van der Waals surface area contributed by atoms with Gasteiger partial charge in [0.25, 0.3) is 5.56 Å². The first-order valence-electron chi connectivity index (χ1n) is 4.42. The van der Waals surface area contributed by atoms with Gasteiger partial charge in [-0.3, -0.25) is 14.3 Å². The van der Waals surface area contributed by atoms with Gasteiger partial charge < -0.3 is 0 Å². The molecule has 0 amide bonds. The Kier molecular flexibility index (Phi) is 2.44. The summed E-state index contributed by atoms with van der Waals surface area (Å²) in [5.41, 5.74) is -0.970. The smallest absolute Gasteiger partial charge is 0.298 e. The van der Waals surface area contributed by atoms with Crippen molar-refractivity contribution in [2.24, 2.45) is 0 Å². The Bertz CT molecular complexity index is 611. The molecule has 6 heteroatoms. The zero-order valence-electron chi connectivity index (χ0n) is 8.04. The summed E-state index contributed by atoms with van der Waals surface area (Å²) in [5, 5.41) is 0.450. The molecule has 0 radical (unpaired) electrons. The van der Waals surface area contributed by atoms with Gasteiger partial charge in [0.05, 0.1) is 11.9 Å². The zero-order chi connectivity index (χ0) is 11.0. The van der Waals surface area contributed by atoms with Gasteiger partial charge in [0.2, 0.25) is 0 Å². The molecule has 15 heavy (non-hydrogen) atoms. The number of aromatic amines is 1. The molecule has 0 spiro atoms. The molecule has 0 saturated heterocycles. The number of aryl methyl sites for hydroxylation is 1. The molecule has 2 rings (SSSR count). The highest BCUT2D eigenvalue weighted by Gasteiger charge is 2.09. The van der Waals surface area contributed by atoms with Gasteiger partial charge in [-0.1, -0.05) is 0 Å². The van der Waals surface area contributed by atoms with Crippen molar-refractivity contribution >= 4 is 21.6 Å². The Hall–Kier alpha value is -1.43. The summed E-state index contributed by atoms with van der Waals surface area (Å²) >= 11 is 1.34. The van der Waals surface area contributed by atoms with Crippen LogP contribution >= 0.6 is 11.3 Å². The molecule has 0 bridgehead atoms. The molecule has 0 aliphatic heterocycles. The van der Waals surface area contributed by atoms with Crippen molar-refractivity contribution in [3.63, 3.8) is 0 Å². The highest BCUT2D eigenvalue weighted by Crippen LogP contribution is 2.18. The average molecular weight is 228 g/mol. The largest absolute Gasteiger partial charge is 0.329 e. The lowest BCUT2D eigenvalue weighted by atomic mass is 10.4. The topological polar surface area (TPSA) is 54.9 Å². The Morgan fingerprint density at radius 2 is 2.27 bits per heavy atom. The second-order valence-corrected chi connectivity index (χ2v) is 4.43. The lowest BCUT2D eigenvalue weighted by Crippen LogP contribution is -2.35. The zero-order valence-corrected chi connectivity index (χ0v) is 8.86. The van der Waals surface area contributed by atoms with E-state index in [1.54, 1.807) is 6.07 Å². The molecule has 0 aromatic carbocycles. The maximum atomic E-state index is 12.1. The lowest BCUT2D eigenvalue weighted by molar-refractivity contribution is 0.434. The van der Waals surface area contributed by atoms with Crippen LogP contribution in [0.15, 0.2) is 15.7 Å². The van der Waals surface area contributed by atoms with Crippen molar-refractivity contribution in [3.8, 4) is 0 Å². The number of halogens is 1. The van der Waals surface area contributed by atoms with Gasteiger partial charge in [0, 0.05) is 4.88 Å². The van der Waals surface area contributed by atoms with E-state index in [2.05, 4.69) is 4.98 Å². The maximum Gasteiger partial charge on any atom is 0.329 e. The van der Waals surface area contributed by atoms with Crippen molar-refractivity contribution in [3.05, 3.63) is 31.8 Å². The molecule has 0 aliphatic carbocycles. The van der Waals surface area contributed by atoms with Crippen LogP contribution in [-0.2, 0) is 6.54 Å². The summed E-state index contributed by atoms with van der Waals surface area (Å²) in [6, 6.07) is 1.70. The van der Waals surface area contributed by atoms with E-state index in [0.29, 0.717) is 10.2 Å². The number of alkyl halides is 1. The van der Waals surface area contributed by atoms with Crippen LogP contribution in [0.4, 0.5) is 4.39 Å². The predicted octanol–water partition coefficient (Wildman–Crippen LogP) is 1.03. The average Bonchev–Trinajstić information content (AvgIpc) is 2.53. The third-order valence-corrected chi connectivity index (χ3v) is 3.07. The van der Waals surface area contributed by atoms with Crippen LogP contribution in [0, 0.1) is 6.92 Å². The fourth-order valence-electron chi connectivity index (χ4n) is 1.46. The standard InChI is InChI=1S/C9H9FN2O2S/c1-5-4-6-7(15-5)11-9(14)12(3-2-10)8(6)13/h4H,2-3H2,1H3,(H,11,14). The number of rotatable bonds is 2. The van der Waals surface area contributed by atoms with Gasteiger partial charge >= 0.3 is 5.69 Å². The highest BCUT2D eigenvalue weighted by atomic mass is 32.1. The quantitative estimate of drug-likeness (QED) is 0.834. The van der Waals surface area contributed by atoms with Crippen molar-refractivity contribution in [1.82, 2.24) is 9.55 Å². The molecule has 4 nitrogen and oxygen atoms in total. The number of nitrogens with one attached hydrogen (secondary N) is 1. The number of aromatic nitrogens is 2. The lowest BCUT2D eigenvalue weighted by Gasteiger charge is -1.99. The van der Waals surface area contributed by atoms with Crippen LogP contribution < -0.4 is 11.2 Å². The fraction of sp³-hybridized carbons (Fsp3) is 0.333. The highest BCUT2D eigenvalue weighted by molar-refractivity contribution is 7.18. The first kappa shape index (κ1) is 10.1. The van der Waals surface area contributed by atoms with E-state index in [1.807, 2.05) is 6.92 Å². The molecule has 80 valence electrons. The van der Waals surface area contributed by atoms with Crippen LogP contribution in [0.3, 0.4) is 0 Å². The second-order valence-electron chi connectivity index (χ2n) is 3.18. The second kappa shape index (κ2) is 3.62. The molecular weight excluding hydrogens is 219 g/mol. The molecule has 0 unspecified atom stereocenters. The first-order chi connectivity index (χ1) is 7.13. The Balaban J connectivity index is 2.83. The van der Waals surface area contributed by atoms with E-state index in [9.17, 15) is 14.0 Å². The van der Waals surface area contributed by atoms with Crippen LogP contribution in [0.25, 0.3) is 10.2 Å². The minimum Gasteiger partial charge on any atom is -0.298 e. The molecule has 2 heterocycles. The summed E-state index contributed by atoms with van der Waals surface area (Å²) < 4.78 is 13.0. The third kappa shape index (κ3) is 1.61. The molecular formula is C9H9FN2O2S. The van der Waals surface area contributed by atoms with Gasteiger partial charge in [-0.05, 0) is 13.0 Å². The number of hydrogen-bond donors (Lipinski definition) is 1. The van der Waals surface area contributed by atoms with E-state index in [1.165, 1.54) is 11.3 Å². The van der Waals surface area contributed by atoms with Crippen LogP contribution in [-0.4, -0.2) is 16.2 Å². The molecule has 0 aliphatic rings. The van der Waals surface area contributed by atoms with Crippen molar-refractivity contribution < 1.29 is 4.39 Å². The van der Waals surface area contributed by atoms with Crippen molar-refractivity contribution in [2.75, 3.05) is 6.67 Å². The van der Waals surface area contributed by atoms with Gasteiger partial charge in [-0.15, -0.1) is 11.3 Å². The van der Waals surface area contributed by atoms with Crippen molar-refractivity contribution in [1.29, 1.82) is 0 Å². The normalized spacial score (nSPS) is 11.1. The molecule has 0 saturated carbocycles. The Morgan fingerprint density at radius 3 is 2.93 bits per heavy atom. The summed E-state index contributed by atoms with van der Waals surface area (Å²) in [4.78, 5) is 27.2. The monoisotopic (exact) mass is 228 g/mol. The molecule has 2 aromatic heterocycles. The first-order valence-corrected chi connectivity index (χ1v) is 5.24. The van der Waals surface area contributed by atoms with Gasteiger partial charge in [-0.25, -0.2) is 9.18 Å². The Morgan fingerprint density at radius 1 is 1.53 bits per heavy atom. The van der Waals surface area contributed by atoms with Gasteiger partial charge in [0.15, 0.2) is 0 Å². The molecule has 0 atom stereocenters. The summed E-state index contributed by atoms with van der Waals surface area (Å²) in [7, 11) is 0. The number of hydrogen-bond acceptors (Lipinski definition) is 3. The molecule has 0 fully saturated rings. The molecule has 2 aromatic rings. The summed E-state index contributed by atoms with van der Waals surface area (Å²) in [6.07, 6.45) is 0. The van der Waals surface area contributed by atoms with Crippen molar-refractivity contribution in [2.45, 2.75) is 13.5 Å². The van der Waals surface area contributed by atoms with Gasteiger partial charge in [0.1, 0.15) is 11.5 Å². The molecule has 1 N–H and O–H groups in total. The van der Waals surface area contributed by atoms with Crippen LogP contribution in [0.2, 0.25) is 0 Å². The van der Waals surface area contributed by atoms with E-state index in [-0.39, 0.29) is 6.54 Å². The number of thiophene rings is 1. The fourth-order valence-corrected chi connectivity index (χ4v) is 2.35. The number of H-pyrrole nitrogens is 1. The van der Waals surface area contributed by atoms with Crippen LogP contribution in [0.1, 0.15) is 4.88 Å². The summed E-state index contributed by atoms with van der Waals surface area (Å²) in [5.74, 6) is 0. The van der Waals surface area contributed by atoms with E-state index < -0.39 is 17.9 Å². The van der Waals surface area contributed by atoms with Gasteiger partial charge in [-0.2, -0.15) is 0 Å². The number of fused-ring (bicyclic) bond motifs is 1. The SMILES string of the molecule is Cc1cc2c(=O)n(CCF)c(=O)[nH]c2s1. The summed E-state index contributed by atoms with van der Waals surface area (Å²) in [6.45, 7) is 0.929. The van der Waals surface area contributed by atoms with E-state index in [0.717, 1.165) is 9.44 Å². The third-order valence-electron chi connectivity index (χ3n) is 2.10. The van der Waals surface area contributed by atoms with E-state index >= 15 is 0 Å². The Labute approximate surface area is 88.0 Å². The maximum absolute atomic E-state index is 12.1. The predicted molar refractivity (Wildman–Crippen MR) is 57.4 cm³/mol. The minimum absolute atomic E-state index is 0.195. The van der Waals surface area contributed by atoms with Crippen LogP contribution in [0.5, 0.6) is 0 Å².